The van der Waals surface area contributed by atoms with Gasteiger partial charge in [0.2, 0.25) is 0 Å². The number of aromatic nitrogens is 1. The molecule has 6 nitrogen and oxygen atoms in total. The Hall–Kier alpha value is -3.26. The van der Waals surface area contributed by atoms with Crippen molar-refractivity contribution in [2.45, 2.75) is 12.6 Å². The Labute approximate surface area is 166 Å². The molecule has 4 rings (SSSR count). The molecular formula is C20H17FN4O2S. The molecule has 0 spiro atoms. The molecule has 2 heterocycles. The van der Waals surface area contributed by atoms with Crippen LogP contribution in [0, 0.1) is 15.9 Å². The molecular weight excluding hydrogens is 379 g/mol. The summed E-state index contributed by atoms with van der Waals surface area (Å²) in [5.74, 6) is -0.341. The Kier molecular flexibility index (Phi) is 4.79. The number of fused-ring (bicyclic) bond motifs is 1. The fourth-order valence-electron chi connectivity index (χ4n) is 3.49. The maximum atomic E-state index is 13.5. The number of anilines is 1. The Bertz CT molecular complexity index is 1030. The molecule has 1 unspecified atom stereocenters. The van der Waals surface area contributed by atoms with Crippen LogP contribution in [0.1, 0.15) is 17.3 Å². The topological polar surface area (TPSA) is 63.3 Å². The number of nitro benzene ring substituents is 1. The van der Waals surface area contributed by atoms with Gasteiger partial charge in [0.1, 0.15) is 5.82 Å². The van der Waals surface area contributed by atoms with Crippen molar-refractivity contribution in [1.29, 1.82) is 0 Å². The Morgan fingerprint density at radius 1 is 1.14 bits per heavy atom. The van der Waals surface area contributed by atoms with Gasteiger partial charge in [-0.2, -0.15) is 0 Å². The first-order valence-corrected chi connectivity index (χ1v) is 9.16. The number of benzene rings is 2. The highest BCUT2D eigenvalue weighted by atomic mass is 32.1. The van der Waals surface area contributed by atoms with Crippen molar-refractivity contribution in [1.82, 2.24) is 9.47 Å². The lowest BCUT2D eigenvalue weighted by molar-refractivity contribution is -0.384. The van der Waals surface area contributed by atoms with Crippen LogP contribution >= 0.6 is 12.2 Å². The summed E-state index contributed by atoms with van der Waals surface area (Å²) in [5, 5.41) is 14.6. The van der Waals surface area contributed by atoms with E-state index in [9.17, 15) is 14.5 Å². The molecule has 0 saturated carbocycles. The number of hydrogen-bond acceptors (Lipinski definition) is 3. The third kappa shape index (κ3) is 3.46. The van der Waals surface area contributed by atoms with Gasteiger partial charge in [0, 0.05) is 42.8 Å². The lowest BCUT2D eigenvalue weighted by Crippen LogP contribution is -2.44. The summed E-state index contributed by atoms with van der Waals surface area (Å²) in [7, 11) is 0. The van der Waals surface area contributed by atoms with Crippen molar-refractivity contribution in [2.24, 2.45) is 0 Å². The number of hydrogen-bond donors (Lipinski definition) is 1. The molecule has 1 aromatic heterocycles. The monoisotopic (exact) mass is 396 g/mol. The second-order valence-electron chi connectivity index (χ2n) is 6.51. The molecule has 1 aliphatic heterocycles. The van der Waals surface area contributed by atoms with Gasteiger partial charge in [-0.25, -0.2) is 4.39 Å². The highest BCUT2D eigenvalue weighted by Gasteiger charge is 2.30. The van der Waals surface area contributed by atoms with E-state index in [0.29, 0.717) is 17.3 Å². The van der Waals surface area contributed by atoms with Crippen molar-refractivity contribution >= 4 is 28.7 Å². The Balaban J connectivity index is 1.67. The molecule has 8 heteroatoms. The van der Waals surface area contributed by atoms with Gasteiger partial charge in [0.05, 0.1) is 11.0 Å². The molecule has 0 radical (unpaired) electrons. The van der Waals surface area contributed by atoms with E-state index >= 15 is 0 Å². The molecule has 1 aliphatic rings. The number of nitrogens with zero attached hydrogens (tertiary/aromatic N) is 3. The lowest BCUT2D eigenvalue weighted by atomic mass is 10.00. The van der Waals surface area contributed by atoms with E-state index in [1.165, 1.54) is 24.3 Å². The van der Waals surface area contributed by atoms with Crippen LogP contribution in [0.4, 0.5) is 15.8 Å². The summed E-state index contributed by atoms with van der Waals surface area (Å²) in [6.45, 7) is 1.42. The van der Waals surface area contributed by atoms with Crippen molar-refractivity contribution < 1.29 is 9.31 Å². The van der Waals surface area contributed by atoms with Crippen molar-refractivity contribution in [2.75, 3.05) is 11.9 Å². The molecule has 2 aromatic carbocycles. The van der Waals surface area contributed by atoms with E-state index in [1.807, 2.05) is 23.2 Å². The quantitative estimate of drug-likeness (QED) is 0.405. The molecule has 3 aromatic rings. The van der Waals surface area contributed by atoms with Gasteiger partial charge in [-0.15, -0.1) is 0 Å². The van der Waals surface area contributed by atoms with Gasteiger partial charge in [0.15, 0.2) is 5.11 Å². The third-order valence-corrected chi connectivity index (χ3v) is 5.13. The van der Waals surface area contributed by atoms with Crippen LogP contribution in [0.2, 0.25) is 0 Å². The minimum Gasteiger partial charge on any atom is -0.348 e. The van der Waals surface area contributed by atoms with E-state index in [-0.39, 0.29) is 17.5 Å². The molecule has 28 heavy (non-hydrogen) atoms. The maximum Gasteiger partial charge on any atom is 0.269 e. The van der Waals surface area contributed by atoms with Crippen LogP contribution in [0.15, 0.2) is 66.9 Å². The Morgan fingerprint density at radius 2 is 1.93 bits per heavy atom. The first-order valence-electron chi connectivity index (χ1n) is 8.75. The van der Waals surface area contributed by atoms with Crippen LogP contribution in [-0.4, -0.2) is 26.0 Å². The van der Waals surface area contributed by atoms with E-state index in [2.05, 4.69) is 9.88 Å². The van der Waals surface area contributed by atoms with Gasteiger partial charge in [-0.3, -0.25) is 10.1 Å². The summed E-state index contributed by atoms with van der Waals surface area (Å²) in [5.41, 5.74) is 2.56. The zero-order valence-electron chi connectivity index (χ0n) is 14.8. The summed E-state index contributed by atoms with van der Waals surface area (Å²) in [6.07, 6.45) is 2.01. The van der Waals surface area contributed by atoms with Crippen molar-refractivity contribution in [3.05, 3.63) is 94.0 Å². The van der Waals surface area contributed by atoms with Crippen LogP contribution < -0.4 is 5.32 Å². The number of thiocarbonyl (C=S) groups is 1. The molecule has 0 fully saturated rings. The summed E-state index contributed by atoms with van der Waals surface area (Å²) < 4.78 is 15.7. The zero-order chi connectivity index (χ0) is 19.7. The molecule has 0 bridgehead atoms. The average molecular weight is 396 g/mol. The second kappa shape index (κ2) is 7.40. The van der Waals surface area contributed by atoms with Crippen molar-refractivity contribution in [3.63, 3.8) is 0 Å². The van der Waals surface area contributed by atoms with Gasteiger partial charge >= 0.3 is 0 Å². The molecule has 0 aliphatic carbocycles. The summed E-state index contributed by atoms with van der Waals surface area (Å²) >= 11 is 5.62. The van der Waals surface area contributed by atoms with E-state index < -0.39 is 4.92 Å². The summed E-state index contributed by atoms with van der Waals surface area (Å²) in [4.78, 5) is 12.6. The minimum absolute atomic E-state index is 0.0435. The van der Waals surface area contributed by atoms with Crippen LogP contribution in [0.5, 0.6) is 0 Å². The molecule has 1 N–H and O–H groups in total. The average Bonchev–Trinajstić information content (AvgIpc) is 3.16. The van der Waals surface area contributed by atoms with Gasteiger partial charge < -0.3 is 14.8 Å². The third-order valence-electron chi connectivity index (χ3n) is 4.79. The summed E-state index contributed by atoms with van der Waals surface area (Å²) in [6, 6.07) is 16.4. The highest BCUT2D eigenvalue weighted by molar-refractivity contribution is 7.80. The Morgan fingerprint density at radius 3 is 2.64 bits per heavy atom. The van der Waals surface area contributed by atoms with Crippen LogP contribution in [0.25, 0.3) is 0 Å². The van der Waals surface area contributed by atoms with E-state index in [1.54, 1.807) is 24.3 Å². The molecule has 142 valence electrons. The maximum absolute atomic E-state index is 13.5. The van der Waals surface area contributed by atoms with Gasteiger partial charge in [0.25, 0.3) is 5.69 Å². The standard InChI is InChI=1S/C20H17FN4O2S/c21-15-3-1-4-16(13-15)22-20(28)24-12-11-23-10-2-5-18(23)19(24)14-6-8-17(9-7-14)25(26)27/h1-10,13,19H,11-12H2,(H,22,28). The largest absolute Gasteiger partial charge is 0.348 e. The first kappa shape index (κ1) is 18.1. The molecule has 0 amide bonds. The molecule has 1 atom stereocenters. The number of nitro groups is 1. The van der Waals surface area contributed by atoms with Crippen LogP contribution in [-0.2, 0) is 6.54 Å². The zero-order valence-corrected chi connectivity index (χ0v) is 15.6. The second-order valence-corrected chi connectivity index (χ2v) is 6.90. The van der Waals surface area contributed by atoms with E-state index in [0.717, 1.165) is 17.8 Å². The van der Waals surface area contributed by atoms with Gasteiger partial charge in [-0.05, 0) is 60.2 Å². The highest BCUT2D eigenvalue weighted by Crippen LogP contribution is 2.33. The first-order chi connectivity index (χ1) is 13.5. The fraction of sp³-hybridized carbons (Fsp3) is 0.150. The predicted octanol–water partition coefficient (Wildman–Crippen LogP) is 4.34. The SMILES string of the molecule is O=[N+]([O-])c1ccc(C2c3cccn3CCN2C(=S)Nc2cccc(F)c2)cc1. The number of nitrogens with one attached hydrogen (secondary N) is 1. The lowest BCUT2D eigenvalue weighted by Gasteiger charge is -2.39. The molecule has 0 saturated heterocycles. The van der Waals surface area contributed by atoms with Crippen molar-refractivity contribution in [3.8, 4) is 0 Å². The minimum atomic E-state index is -0.415. The fourth-order valence-corrected chi connectivity index (χ4v) is 3.81. The van der Waals surface area contributed by atoms with Crippen LogP contribution in [0.3, 0.4) is 0 Å². The van der Waals surface area contributed by atoms with E-state index in [4.69, 9.17) is 12.2 Å². The predicted molar refractivity (Wildman–Crippen MR) is 109 cm³/mol. The van der Waals surface area contributed by atoms with Gasteiger partial charge in [-0.1, -0.05) is 6.07 Å². The number of non-ortho nitro benzene ring substituents is 1. The number of halogens is 1. The normalized spacial score (nSPS) is 15.8. The number of rotatable bonds is 3. The smallest absolute Gasteiger partial charge is 0.269 e.